The fourth-order valence-electron chi connectivity index (χ4n) is 1.59. The average Bonchev–Trinajstić information content (AvgIpc) is 2.80. The predicted molar refractivity (Wildman–Crippen MR) is 67.6 cm³/mol. The number of para-hydroxylation sites is 2. The van der Waals surface area contributed by atoms with Crippen molar-refractivity contribution in [2.45, 2.75) is 0 Å². The van der Waals surface area contributed by atoms with Crippen molar-refractivity contribution >= 4 is 23.2 Å². The number of nitrogens with zero attached hydrogens (tertiary/aromatic N) is 3. The highest BCUT2D eigenvalue weighted by Crippen LogP contribution is 2.15. The average molecular weight is 222 g/mol. The maximum absolute atomic E-state index is 4.36. The SMILES string of the molecule is C(=N\c1nc2ccccc2[nH]1)/c1ccncc1. The van der Waals surface area contributed by atoms with Crippen LogP contribution in [-0.4, -0.2) is 21.2 Å². The summed E-state index contributed by atoms with van der Waals surface area (Å²) in [5, 5.41) is 0. The molecule has 0 aliphatic rings. The summed E-state index contributed by atoms with van der Waals surface area (Å²) in [5.74, 6) is 0.614. The van der Waals surface area contributed by atoms with E-state index in [1.54, 1.807) is 18.6 Å². The normalized spacial score (nSPS) is 11.3. The predicted octanol–water partition coefficient (Wildman–Crippen LogP) is 2.71. The van der Waals surface area contributed by atoms with E-state index in [0.717, 1.165) is 16.6 Å². The van der Waals surface area contributed by atoms with Gasteiger partial charge in [0, 0.05) is 18.6 Å². The topological polar surface area (TPSA) is 53.9 Å². The number of hydrogen-bond acceptors (Lipinski definition) is 3. The molecular formula is C13H10N4. The molecule has 2 heterocycles. The molecule has 4 nitrogen and oxygen atoms in total. The van der Waals surface area contributed by atoms with E-state index in [9.17, 15) is 0 Å². The molecule has 0 amide bonds. The molecule has 0 fully saturated rings. The van der Waals surface area contributed by atoms with Crippen molar-refractivity contribution in [1.82, 2.24) is 15.0 Å². The second-order valence-electron chi connectivity index (χ2n) is 3.62. The first kappa shape index (κ1) is 9.72. The number of rotatable bonds is 2. The summed E-state index contributed by atoms with van der Waals surface area (Å²) in [5.41, 5.74) is 2.92. The molecule has 3 rings (SSSR count). The minimum absolute atomic E-state index is 0.614. The lowest BCUT2D eigenvalue weighted by Gasteiger charge is -1.88. The standard InChI is InChI=1S/C13H10N4/c1-2-4-12-11(3-1)16-13(17-12)15-9-10-5-7-14-8-6-10/h1-9H,(H,16,17)/b15-9+. The zero-order chi connectivity index (χ0) is 11.5. The third kappa shape index (κ3) is 2.06. The molecule has 4 heteroatoms. The summed E-state index contributed by atoms with van der Waals surface area (Å²) in [6.45, 7) is 0. The summed E-state index contributed by atoms with van der Waals surface area (Å²) in [7, 11) is 0. The second kappa shape index (κ2) is 4.17. The quantitative estimate of drug-likeness (QED) is 0.678. The van der Waals surface area contributed by atoms with Gasteiger partial charge in [-0.1, -0.05) is 12.1 Å². The second-order valence-corrected chi connectivity index (χ2v) is 3.62. The molecule has 0 saturated carbocycles. The molecule has 3 aromatic rings. The van der Waals surface area contributed by atoms with Crippen LogP contribution in [0.3, 0.4) is 0 Å². The number of nitrogens with one attached hydrogen (secondary N) is 1. The van der Waals surface area contributed by atoms with Gasteiger partial charge in [-0.25, -0.2) is 9.98 Å². The number of aromatic nitrogens is 3. The number of aromatic amines is 1. The van der Waals surface area contributed by atoms with E-state index in [1.807, 2.05) is 36.4 Å². The van der Waals surface area contributed by atoms with Crippen molar-refractivity contribution < 1.29 is 0 Å². The Kier molecular flexibility index (Phi) is 2.38. The van der Waals surface area contributed by atoms with Crippen molar-refractivity contribution in [1.29, 1.82) is 0 Å². The fourth-order valence-corrected chi connectivity index (χ4v) is 1.59. The maximum atomic E-state index is 4.36. The Labute approximate surface area is 98.1 Å². The fraction of sp³-hybridized carbons (Fsp3) is 0. The largest absolute Gasteiger partial charge is 0.322 e. The number of hydrogen-bond donors (Lipinski definition) is 1. The van der Waals surface area contributed by atoms with E-state index in [4.69, 9.17) is 0 Å². The first-order valence-electron chi connectivity index (χ1n) is 5.31. The van der Waals surface area contributed by atoms with Crippen LogP contribution in [0.2, 0.25) is 0 Å². The minimum Gasteiger partial charge on any atom is -0.322 e. The van der Waals surface area contributed by atoms with Crippen LogP contribution in [0.5, 0.6) is 0 Å². The zero-order valence-corrected chi connectivity index (χ0v) is 9.04. The zero-order valence-electron chi connectivity index (χ0n) is 9.04. The van der Waals surface area contributed by atoms with E-state index < -0.39 is 0 Å². The molecule has 82 valence electrons. The molecule has 0 atom stereocenters. The number of fused-ring (bicyclic) bond motifs is 1. The first-order valence-corrected chi connectivity index (χ1v) is 5.31. The molecule has 2 aromatic heterocycles. The van der Waals surface area contributed by atoms with Gasteiger partial charge in [-0.2, -0.15) is 0 Å². The minimum atomic E-state index is 0.614. The summed E-state index contributed by atoms with van der Waals surface area (Å²) < 4.78 is 0. The maximum Gasteiger partial charge on any atom is 0.227 e. The Balaban J connectivity index is 1.92. The molecule has 0 unspecified atom stereocenters. The Bertz CT molecular complexity index is 622. The highest BCUT2D eigenvalue weighted by molar-refractivity contribution is 5.82. The Morgan fingerprint density at radius 3 is 2.71 bits per heavy atom. The van der Waals surface area contributed by atoms with Crippen LogP contribution in [0, 0.1) is 0 Å². The molecular weight excluding hydrogens is 212 g/mol. The van der Waals surface area contributed by atoms with Gasteiger partial charge in [0.25, 0.3) is 0 Å². The Morgan fingerprint density at radius 2 is 1.88 bits per heavy atom. The van der Waals surface area contributed by atoms with Crippen LogP contribution in [0.15, 0.2) is 53.8 Å². The third-order valence-corrected chi connectivity index (χ3v) is 2.42. The van der Waals surface area contributed by atoms with Crippen LogP contribution in [-0.2, 0) is 0 Å². The lowest BCUT2D eigenvalue weighted by atomic mass is 10.3. The third-order valence-electron chi connectivity index (χ3n) is 2.42. The smallest absolute Gasteiger partial charge is 0.227 e. The number of H-pyrrole nitrogens is 1. The van der Waals surface area contributed by atoms with Crippen LogP contribution in [0.1, 0.15) is 5.56 Å². The van der Waals surface area contributed by atoms with Gasteiger partial charge >= 0.3 is 0 Å². The van der Waals surface area contributed by atoms with Crippen LogP contribution in [0.25, 0.3) is 11.0 Å². The van der Waals surface area contributed by atoms with Gasteiger partial charge in [0.1, 0.15) is 0 Å². The van der Waals surface area contributed by atoms with E-state index in [2.05, 4.69) is 19.9 Å². The molecule has 0 radical (unpaired) electrons. The number of aliphatic imine (C=N–C) groups is 1. The molecule has 0 spiro atoms. The van der Waals surface area contributed by atoms with Gasteiger partial charge in [0.2, 0.25) is 5.95 Å². The van der Waals surface area contributed by atoms with Gasteiger partial charge in [0.05, 0.1) is 11.0 Å². The molecule has 1 aromatic carbocycles. The molecule has 1 N–H and O–H groups in total. The molecule has 0 bridgehead atoms. The Morgan fingerprint density at radius 1 is 1.06 bits per heavy atom. The number of imidazole rings is 1. The van der Waals surface area contributed by atoms with Gasteiger partial charge in [0.15, 0.2) is 0 Å². The first-order chi connectivity index (χ1) is 8.42. The summed E-state index contributed by atoms with van der Waals surface area (Å²) >= 11 is 0. The van der Waals surface area contributed by atoms with Crippen molar-refractivity contribution in [3.8, 4) is 0 Å². The number of benzene rings is 1. The molecule has 0 aliphatic heterocycles. The number of pyridine rings is 1. The van der Waals surface area contributed by atoms with Crippen molar-refractivity contribution in [3.63, 3.8) is 0 Å². The molecule has 0 aliphatic carbocycles. The van der Waals surface area contributed by atoms with Crippen LogP contribution < -0.4 is 0 Å². The highest BCUT2D eigenvalue weighted by atomic mass is 15.1. The lowest BCUT2D eigenvalue weighted by Crippen LogP contribution is -1.80. The van der Waals surface area contributed by atoms with Crippen molar-refractivity contribution in [2.24, 2.45) is 4.99 Å². The monoisotopic (exact) mass is 222 g/mol. The van der Waals surface area contributed by atoms with E-state index in [1.165, 1.54) is 0 Å². The van der Waals surface area contributed by atoms with Crippen molar-refractivity contribution in [2.75, 3.05) is 0 Å². The molecule has 17 heavy (non-hydrogen) atoms. The van der Waals surface area contributed by atoms with E-state index in [-0.39, 0.29) is 0 Å². The van der Waals surface area contributed by atoms with Gasteiger partial charge < -0.3 is 4.98 Å². The van der Waals surface area contributed by atoms with Gasteiger partial charge in [-0.3, -0.25) is 4.98 Å². The summed E-state index contributed by atoms with van der Waals surface area (Å²) in [6, 6.07) is 11.7. The van der Waals surface area contributed by atoms with Crippen LogP contribution >= 0.6 is 0 Å². The molecule has 0 saturated heterocycles. The van der Waals surface area contributed by atoms with E-state index >= 15 is 0 Å². The lowest BCUT2D eigenvalue weighted by molar-refractivity contribution is 1.27. The van der Waals surface area contributed by atoms with Gasteiger partial charge in [-0.05, 0) is 29.8 Å². The van der Waals surface area contributed by atoms with Crippen molar-refractivity contribution in [3.05, 3.63) is 54.4 Å². The highest BCUT2D eigenvalue weighted by Gasteiger charge is 1.98. The summed E-state index contributed by atoms with van der Waals surface area (Å²) in [6.07, 6.45) is 5.24. The summed E-state index contributed by atoms with van der Waals surface area (Å²) in [4.78, 5) is 15.7. The van der Waals surface area contributed by atoms with Gasteiger partial charge in [-0.15, -0.1) is 0 Å². The van der Waals surface area contributed by atoms with Crippen LogP contribution in [0.4, 0.5) is 5.95 Å². The van der Waals surface area contributed by atoms with E-state index in [0.29, 0.717) is 5.95 Å². The Hall–Kier alpha value is -2.49.